The zero-order chi connectivity index (χ0) is 7.49. The van der Waals surface area contributed by atoms with Gasteiger partial charge >= 0.3 is 7.60 Å². The first-order valence-corrected chi connectivity index (χ1v) is 4.87. The molecule has 0 aromatic heterocycles. The topological polar surface area (TPSA) is 57.5 Å². The predicted octanol–water partition coefficient (Wildman–Crippen LogP) is 1.18. The van der Waals surface area contributed by atoms with Crippen LogP contribution < -0.4 is 0 Å². The van der Waals surface area contributed by atoms with Crippen molar-refractivity contribution in [2.24, 2.45) is 0 Å². The number of hydrogen-bond acceptors (Lipinski definition) is 1. The van der Waals surface area contributed by atoms with Crippen molar-refractivity contribution in [2.75, 3.05) is 6.16 Å². The molecule has 0 amide bonds. The SMILES string of the molecule is CCC(Cl)CP(=O)(O)O. The highest BCUT2D eigenvalue weighted by Gasteiger charge is 2.17. The number of rotatable bonds is 3. The fourth-order valence-electron chi connectivity index (χ4n) is 0.387. The van der Waals surface area contributed by atoms with Crippen LogP contribution >= 0.6 is 19.2 Å². The minimum Gasteiger partial charge on any atom is -0.324 e. The fraction of sp³-hybridized carbons (Fsp3) is 1.00. The molecule has 5 heteroatoms. The highest BCUT2D eigenvalue weighted by Crippen LogP contribution is 2.36. The van der Waals surface area contributed by atoms with Gasteiger partial charge in [0.1, 0.15) is 0 Å². The van der Waals surface area contributed by atoms with E-state index < -0.39 is 13.0 Å². The lowest BCUT2D eigenvalue weighted by molar-refractivity contribution is 0.372. The molecule has 0 heterocycles. The quantitative estimate of drug-likeness (QED) is 0.497. The molecule has 0 aromatic carbocycles. The van der Waals surface area contributed by atoms with E-state index in [1.165, 1.54) is 0 Å². The maximum atomic E-state index is 10.2. The van der Waals surface area contributed by atoms with E-state index >= 15 is 0 Å². The first-order chi connectivity index (χ1) is 3.95. The molecule has 0 spiro atoms. The van der Waals surface area contributed by atoms with E-state index in [1.54, 1.807) is 6.92 Å². The monoisotopic (exact) mass is 172 g/mol. The van der Waals surface area contributed by atoms with Gasteiger partial charge in [-0.15, -0.1) is 11.6 Å². The lowest BCUT2D eigenvalue weighted by Crippen LogP contribution is -2.03. The van der Waals surface area contributed by atoms with Crippen LogP contribution in [0.25, 0.3) is 0 Å². The Labute approximate surface area is 59.2 Å². The first-order valence-electron chi connectivity index (χ1n) is 2.64. The van der Waals surface area contributed by atoms with E-state index in [2.05, 4.69) is 0 Å². The van der Waals surface area contributed by atoms with Crippen molar-refractivity contribution in [1.29, 1.82) is 0 Å². The minimum atomic E-state index is -3.87. The molecule has 0 bridgehead atoms. The van der Waals surface area contributed by atoms with Crippen molar-refractivity contribution in [3.8, 4) is 0 Å². The maximum absolute atomic E-state index is 10.2. The summed E-state index contributed by atoms with van der Waals surface area (Å²) < 4.78 is 10.2. The molecule has 3 nitrogen and oxygen atoms in total. The second kappa shape index (κ2) is 3.57. The van der Waals surface area contributed by atoms with Crippen LogP contribution in [0.1, 0.15) is 13.3 Å². The number of halogens is 1. The van der Waals surface area contributed by atoms with Crippen molar-refractivity contribution in [3.05, 3.63) is 0 Å². The number of alkyl halides is 1. The van der Waals surface area contributed by atoms with Gasteiger partial charge in [0.25, 0.3) is 0 Å². The van der Waals surface area contributed by atoms with Crippen LogP contribution in [0, 0.1) is 0 Å². The van der Waals surface area contributed by atoms with Crippen LogP contribution in [0.4, 0.5) is 0 Å². The second-order valence-corrected chi connectivity index (χ2v) is 4.16. The third-order valence-electron chi connectivity index (χ3n) is 0.879. The molecule has 1 atom stereocenters. The van der Waals surface area contributed by atoms with Gasteiger partial charge in [0.05, 0.1) is 6.16 Å². The van der Waals surface area contributed by atoms with Crippen molar-refractivity contribution in [1.82, 2.24) is 0 Å². The summed E-state index contributed by atoms with van der Waals surface area (Å²) >= 11 is 5.46. The highest BCUT2D eigenvalue weighted by atomic mass is 35.5. The summed E-state index contributed by atoms with van der Waals surface area (Å²) in [4.78, 5) is 16.7. The molecule has 0 aliphatic rings. The Morgan fingerprint density at radius 3 is 2.22 bits per heavy atom. The van der Waals surface area contributed by atoms with Gasteiger partial charge in [0.15, 0.2) is 0 Å². The molecule has 0 saturated carbocycles. The zero-order valence-corrected chi connectivity index (χ0v) is 6.77. The zero-order valence-electron chi connectivity index (χ0n) is 5.12. The summed E-state index contributed by atoms with van der Waals surface area (Å²) in [6.45, 7) is 1.79. The van der Waals surface area contributed by atoms with Gasteiger partial charge in [0, 0.05) is 5.38 Å². The first kappa shape index (κ1) is 9.44. The summed E-state index contributed by atoms with van der Waals surface area (Å²) in [5, 5.41) is -0.397. The average molecular weight is 173 g/mol. The molecular weight excluding hydrogens is 162 g/mol. The normalized spacial score (nSPS) is 15.6. The highest BCUT2D eigenvalue weighted by molar-refractivity contribution is 7.51. The standard InChI is InChI=1S/C4H10ClO3P/c1-2-4(5)3-9(6,7)8/h4H,2-3H2,1H3,(H2,6,7,8). The van der Waals surface area contributed by atoms with Crippen molar-refractivity contribution in [3.63, 3.8) is 0 Å². The van der Waals surface area contributed by atoms with E-state index in [-0.39, 0.29) is 6.16 Å². The Bertz CT molecular complexity index is 121. The van der Waals surface area contributed by atoms with Gasteiger partial charge in [-0.2, -0.15) is 0 Å². The van der Waals surface area contributed by atoms with Crippen molar-refractivity contribution in [2.45, 2.75) is 18.7 Å². The molecule has 0 aliphatic heterocycles. The number of hydrogen-bond donors (Lipinski definition) is 2. The lowest BCUT2D eigenvalue weighted by Gasteiger charge is -2.06. The Kier molecular flexibility index (Phi) is 3.74. The van der Waals surface area contributed by atoms with Crippen LogP contribution in [-0.4, -0.2) is 21.3 Å². The van der Waals surface area contributed by atoms with Gasteiger partial charge in [-0.3, -0.25) is 4.57 Å². The smallest absolute Gasteiger partial charge is 0.324 e. The molecule has 0 radical (unpaired) electrons. The predicted molar refractivity (Wildman–Crippen MR) is 36.8 cm³/mol. The molecule has 56 valence electrons. The molecule has 0 fully saturated rings. The fourth-order valence-corrected chi connectivity index (χ4v) is 1.70. The van der Waals surface area contributed by atoms with Gasteiger partial charge < -0.3 is 9.79 Å². The van der Waals surface area contributed by atoms with Gasteiger partial charge in [-0.1, -0.05) is 6.92 Å². The molecule has 9 heavy (non-hydrogen) atoms. The maximum Gasteiger partial charge on any atom is 0.327 e. The van der Waals surface area contributed by atoms with E-state index in [0.29, 0.717) is 6.42 Å². The average Bonchev–Trinajstić information content (AvgIpc) is 1.62. The Morgan fingerprint density at radius 2 is 2.11 bits per heavy atom. The third-order valence-corrected chi connectivity index (χ3v) is 2.47. The summed E-state index contributed by atoms with van der Waals surface area (Å²) in [6, 6.07) is 0. The van der Waals surface area contributed by atoms with Crippen LogP contribution in [0.2, 0.25) is 0 Å². The van der Waals surface area contributed by atoms with E-state index in [1.807, 2.05) is 0 Å². The second-order valence-electron chi connectivity index (χ2n) is 1.85. The van der Waals surface area contributed by atoms with Crippen molar-refractivity contribution < 1.29 is 14.4 Å². The van der Waals surface area contributed by atoms with Gasteiger partial charge in [0.2, 0.25) is 0 Å². The van der Waals surface area contributed by atoms with Crippen molar-refractivity contribution >= 4 is 19.2 Å². The minimum absolute atomic E-state index is 0.217. The third kappa shape index (κ3) is 6.32. The molecule has 2 N–H and O–H groups in total. The molecule has 0 rings (SSSR count). The van der Waals surface area contributed by atoms with Crippen LogP contribution in [0.3, 0.4) is 0 Å². The van der Waals surface area contributed by atoms with Gasteiger partial charge in [-0.25, -0.2) is 0 Å². The summed E-state index contributed by atoms with van der Waals surface area (Å²) in [6.07, 6.45) is 0.373. The summed E-state index contributed by atoms with van der Waals surface area (Å²) in [5.41, 5.74) is 0. The lowest BCUT2D eigenvalue weighted by atomic mass is 10.4. The molecular formula is C4H10ClO3P. The Morgan fingerprint density at radius 1 is 1.67 bits per heavy atom. The summed E-state index contributed by atoms with van der Waals surface area (Å²) in [7, 11) is -3.87. The molecule has 1 unspecified atom stereocenters. The van der Waals surface area contributed by atoms with E-state index in [9.17, 15) is 4.57 Å². The Hall–Kier alpha value is 0.440. The van der Waals surface area contributed by atoms with Crippen LogP contribution in [-0.2, 0) is 4.57 Å². The molecule has 0 aromatic rings. The van der Waals surface area contributed by atoms with Crippen LogP contribution in [0.15, 0.2) is 0 Å². The van der Waals surface area contributed by atoms with Gasteiger partial charge in [-0.05, 0) is 6.42 Å². The Balaban J connectivity index is 3.60. The molecule has 0 saturated heterocycles. The summed E-state index contributed by atoms with van der Waals surface area (Å²) in [5.74, 6) is 0. The largest absolute Gasteiger partial charge is 0.327 e. The molecule has 0 aliphatic carbocycles. The van der Waals surface area contributed by atoms with E-state index in [4.69, 9.17) is 21.4 Å². The van der Waals surface area contributed by atoms with E-state index in [0.717, 1.165) is 0 Å². The van der Waals surface area contributed by atoms with Crippen LogP contribution in [0.5, 0.6) is 0 Å².